The molecule has 0 amide bonds. The zero-order valence-corrected chi connectivity index (χ0v) is 6.99. The van der Waals surface area contributed by atoms with Crippen molar-refractivity contribution in [2.75, 3.05) is 0 Å². The highest BCUT2D eigenvalue weighted by Gasteiger charge is 2.18. The van der Waals surface area contributed by atoms with Gasteiger partial charge in [-0.2, -0.15) is 0 Å². The van der Waals surface area contributed by atoms with Gasteiger partial charge in [0.15, 0.2) is 0 Å². The molecule has 1 aliphatic heterocycles. The molecule has 0 atom stereocenters. The number of nitrogens with zero attached hydrogens (tertiary/aromatic N) is 1. The largest absolute Gasteiger partial charge is 0.470 e. The lowest BCUT2D eigenvalue weighted by Gasteiger charge is -2.12. The Morgan fingerprint density at radius 2 is 2.50 bits per heavy atom. The fraction of sp³-hybridized carbons (Fsp3) is 0.125. The second kappa shape index (κ2) is 3.92. The van der Waals surface area contributed by atoms with E-state index in [9.17, 15) is 5.02 Å². The van der Waals surface area contributed by atoms with Crippen LogP contribution in [0.4, 0.5) is 0 Å². The number of hydrogen-bond donors (Lipinski definition) is 2. The summed E-state index contributed by atoms with van der Waals surface area (Å²) < 4.78 is 0. The molecule has 0 saturated heterocycles. The van der Waals surface area contributed by atoms with Gasteiger partial charge < -0.3 is 10.3 Å². The third kappa shape index (κ3) is 1.86. The molecule has 0 aromatic carbocycles. The Balaban J connectivity index is 2.83. The van der Waals surface area contributed by atoms with Crippen LogP contribution in [0.15, 0.2) is 40.9 Å². The van der Waals surface area contributed by atoms with Crippen LogP contribution < -0.4 is 5.32 Å². The molecule has 0 fully saturated rings. The summed E-state index contributed by atoms with van der Waals surface area (Å²) in [6.45, 7) is 5.43. The fourth-order valence-electron chi connectivity index (χ4n) is 0.945. The lowest BCUT2D eigenvalue weighted by Crippen LogP contribution is -2.26. The standard InChI is InChI=1S/C8H11BN2O/c1-3-4-5-8-7(2)10-6-11-9(8)12/h3-6,12H,1H2,2H3,(H,10,11)/b5-4-. The Labute approximate surface area is 72.3 Å². The topological polar surface area (TPSA) is 44.6 Å². The van der Waals surface area contributed by atoms with Crippen LogP contribution in [-0.2, 0) is 0 Å². The molecule has 0 aromatic rings. The number of allylic oxidation sites excluding steroid dienone is 5. The first-order chi connectivity index (χ1) is 5.75. The molecule has 0 bridgehead atoms. The number of rotatable bonds is 2. The van der Waals surface area contributed by atoms with Crippen molar-refractivity contribution in [3.05, 3.63) is 36.0 Å². The molecule has 0 unspecified atom stereocenters. The minimum absolute atomic E-state index is 0.748. The van der Waals surface area contributed by atoms with E-state index in [2.05, 4.69) is 16.8 Å². The number of nitrogens with one attached hydrogen (secondary N) is 1. The third-order valence-corrected chi connectivity index (χ3v) is 1.62. The Bertz CT molecular complexity index is 268. The van der Waals surface area contributed by atoms with Crippen molar-refractivity contribution >= 4 is 13.4 Å². The van der Waals surface area contributed by atoms with Gasteiger partial charge in [0.1, 0.15) is 0 Å². The molecular weight excluding hydrogens is 151 g/mol. The summed E-state index contributed by atoms with van der Waals surface area (Å²) in [6, 6.07) is 0. The second-order valence-electron chi connectivity index (χ2n) is 2.47. The van der Waals surface area contributed by atoms with E-state index >= 15 is 0 Å². The van der Waals surface area contributed by atoms with Crippen LogP contribution in [-0.4, -0.2) is 18.4 Å². The van der Waals surface area contributed by atoms with E-state index in [-0.39, 0.29) is 0 Å². The van der Waals surface area contributed by atoms with E-state index in [1.165, 1.54) is 6.34 Å². The molecule has 1 rings (SSSR count). The molecule has 62 valence electrons. The van der Waals surface area contributed by atoms with Crippen molar-refractivity contribution in [2.24, 2.45) is 4.90 Å². The van der Waals surface area contributed by atoms with Crippen molar-refractivity contribution in [3.63, 3.8) is 0 Å². The maximum atomic E-state index is 9.38. The highest BCUT2D eigenvalue weighted by Crippen LogP contribution is 2.09. The SMILES string of the molecule is C=C/C=C\C1=C(C)NC=NB1O. The molecule has 0 radical (unpaired) electrons. The lowest BCUT2D eigenvalue weighted by molar-refractivity contribution is 0.582. The van der Waals surface area contributed by atoms with Crippen LogP contribution in [0.3, 0.4) is 0 Å². The first-order valence-corrected chi connectivity index (χ1v) is 3.72. The Kier molecular flexibility index (Phi) is 2.88. The smallest absolute Gasteiger partial charge is 0.427 e. The highest BCUT2D eigenvalue weighted by atomic mass is 16.2. The maximum Gasteiger partial charge on any atom is 0.470 e. The summed E-state index contributed by atoms with van der Waals surface area (Å²) in [6.07, 6.45) is 6.71. The highest BCUT2D eigenvalue weighted by molar-refractivity contribution is 6.59. The molecule has 0 saturated carbocycles. The van der Waals surface area contributed by atoms with Crippen molar-refractivity contribution < 1.29 is 5.02 Å². The summed E-state index contributed by atoms with van der Waals surface area (Å²) in [5, 5.41) is 12.3. The van der Waals surface area contributed by atoms with Gasteiger partial charge >= 0.3 is 7.05 Å². The van der Waals surface area contributed by atoms with Crippen LogP contribution in [0.1, 0.15) is 6.92 Å². The monoisotopic (exact) mass is 162 g/mol. The zero-order valence-electron chi connectivity index (χ0n) is 6.99. The minimum atomic E-state index is -0.748. The van der Waals surface area contributed by atoms with Gasteiger partial charge in [-0.05, 0) is 12.4 Å². The summed E-state index contributed by atoms with van der Waals surface area (Å²) in [5.41, 5.74) is 1.69. The molecule has 0 aromatic heterocycles. The molecule has 2 N–H and O–H groups in total. The molecule has 0 aliphatic carbocycles. The summed E-state index contributed by atoms with van der Waals surface area (Å²) in [4.78, 5) is 3.79. The summed E-state index contributed by atoms with van der Waals surface area (Å²) in [5.74, 6) is 0. The normalized spacial score (nSPS) is 17.0. The fourth-order valence-corrected chi connectivity index (χ4v) is 0.945. The lowest BCUT2D eigenvalue weighted by atomic mass is 9.72. The van der Waals surface area contributed by atoms with Crippen LogP contribution >= 0.6 is 0 Å². The molecule has 1 aliphatic rings. The Morgan fingerprint density at radius 3 is 3.08 bits per heavy atom. The zero-order chi connectivity index (χ0) is 8.97. The van der Waals surface area contributed by atoms with Crippen LogP contribution in [0.5, 0.6) is 0 Å². The van der Waals surface area contributed by atoms with Gasteiger partial charge in [0, 0.05) is 5.70 Å². The number of hydrogen-bond acceptors (Lipinski definition) is 3. The molecule has 4 heteroatoms. The Morgan fingerprint density at radius 1 is 1.75 bits per heavy atom. The van der Waals surface area contributed by atoms with Gasteiger partial charge in [-0.3, -0.25) is 4.90 Å². The second-order valence-corrected chi connectivity index (χ2v) is 2.47. The summed E-state index contributed by atoms with van der Waals surface area (Å²) in [7, 11) is -0.748. The van der Waals surface area contributed by atoms with Gasteiger partial charge in [-0.1, -0.05) is 24.8 Å². The van der Waals surface area contributed by atoms with Gasteiger partial charge in [-0.15, -0.1) is 0 Å². The molecule has 1 heterocycles. The van der Waals surface area contributed by atoms with E-state index in [1.807, 2.05) is 6.92 Å². The molecular formula is C8H11BN2O. The maximum absolute atomic E-state index is 9.38. The van der Waals surface area contributed by atoms with E-state index in [0.29, 0.717) is 0 Å². The van der Waals surface area contributed by atoms with Gasteiger partial charge in [0.2, 0.25) is 0 Å². The first kappa shape index (κ1) is 8.81. The third-order valence-electron chi connectivity index (χ3n) is 1.62. The van der Waals surface area contributed by atoms with E-state index in [1.54, 1.807) is 18.2 Å². The average Bonchev–Trinajstić information content (AvgIpc) is 2.04. The van der Waals surface area contributed by atoms with E-state index in [0.717, 1.165) is 11.2 Å². The predicted octanol–water partition coefficient (Wildman–Crippen LogP) is 0.654. The molecule has 3 nitrogen and oxygen atoms in total. The minimum Gasteiger partial charge on any atom is -0.427 e. The molecule has 12 heavy (non-hydrogen) atoms. The van der Waals surface area contributed by atoms with Crippen LogP contribution in [0.25, 0.3) is 0 Å². The first-order valence-electron chi connectivity index (χ1n) is 3.72. The van der Waals surface area contributed by atoms with Crippen molar-refractivity contribution in [3.8, 4) is 0 Å². The van der Waals surface area contributed by atoms with Crippen molar-refractivity contribution in [1.29, 1.82) is 0 Å². The van der Waals surface area contributed by atoms with E-state index in [4.69, 9.17) is 0 Å². The van der Waals surface area contributed by atoms with Crippen LogP contribution in [0.2, 0.25) is 0 Å². The van der Waals surface area contributed by atoms with Crippen LogP contribution in [0, 0.1) is 0 Å². The van der Waals surface area contributed by atoms with Gasteiger partial charge in [0.25, 0.3) is 0 Å². The quantitative estimate of drug-likeness (QED) is 0.462. The molecule has 0 spiro atoms. The van der Waals surface area contributed by atoms with Crippen molar-refractivity contribution in [1.82, 2.24) is 5.32 Å². The van der Waals surface area contributed by atoms with Gasteiger partial charge in [-0.25, -0.2) is 0 Å². The predicted molar refractivity (Wildman–Crippen MR) is 51.6 cm³/mol. The van der Waals surface area contributed by atoms with Gasteiger partial charge in [0.05, 0.1) is 6.34 Å². The van der Waals surface area contributed by atoms with E-state index < -0.39 is 7.05 Å². The Hall–Kier alpha value is -1.29. The summed E-state index contributed by atoms with van der Waals surface area (Å²) >= 11 is 0. The average molecular weight is 162 g/mol. The van der Waals surface area contributed by atoms with Crippen molar-refractivity contribution in [2.45, 2.75) is 6.92 Å².